The normalized spacial score (nSPS) is 10.4. The van der Waals surface area contributed by atoms with Crippen LogP contribution >= 0.6 is 0 Å². The van der Waals surface area contributed by atoms with Crippen LogP contribution in [0.4, 0.5) is 14.5 Å². The summed E-state index contributed by atoms with van der Waals surface area (Å²) in [7, 11) is 0. The summed E-state index contributed by atoms with van der Waals surface area (Å²) >= 11 is 0. The quantitative estimate of drug-likeness (QED) is 0.672. The van der Waals surface area contributed by atoms with Crippen LogP contribution in [0, 0.1) is 11.6 Å². The SMILES string of the molecule is O=C(Cc1c(F)cccc1F)Nc1ccc(C(=O)NCCCO)cc1. The van der Waals surface area contributed by atoms with Gasteiger partial charge < -0.3 is 15.7 Å². The molecule has 0 spiro atoms. The fourth-order valence-electron chi connectivity index (χ4n) is 2.15. The lowest BCUT2D eigenvalue weighted by Crippen LogP contribution is -2.25. The van der Waals surface area contributed by atoms with Crippen LogP contribution in [0.15, 0.2) is 42.5 Å². The van der Waals surface area contributed by atoms with Crippen molar-refractivity contribution in [2.45, 2.75) is 12.8 Å². The van der Waals surface area contributed by atoms with E-state index >= 15 is 0 Å². The molecule has 0 aliphatic carbocycles. The van der Waals surface area contributed by atoms with E-state index in [0.717, 1.165) is 12.1 Å². The molecule has 2 aromatic rings. The Morgan fingerprint density at radius 1 is 1.00 bits per heavy atom. The number of hydrogen-bond acceptors (Lipinski definition) is 3. The second-order valence-corrected chi connectivity index (χ2v) is 5.34. The molecule has 0 heterocycles. The van der Waals surface area contributed by atoms with Gasteiger partial charge in [-0.3, -0.25) is 9.59 Å². The largest absolute Gasteiger partial charge is 0.396 e. The average molecular weight is 348 g/mol. The Bertz CT molecular complexity index is 728. The molecule has 7 heteroatoms. The van der Waals surface area contributed by atoms with E-state index < -0.39 is 24.0 Å². The molecule has 0 aliphatic heterocycles. The summed E-state index contributed by atoms with van der Waals surface area (Å²) in [6, 6.07) is 9.51. The molecule has 0 radical (unpaired) electrons. The van der Waals surface area contributed by atoms with Gasteiger partial charge in [-0.2, -0.15) is 0 Å². The molecule has 0 unspecified atom stereocenters. The first kappa shape index (κ1) is 18.5. The zero-order chi connectivity index (χ0) is 18.2. The molecule has 2 amide bonds. The maximum absolute atomic E-state index is 13.5. The molecule has 0 aromatic heterocycles. The predicted molar refractivity (Wildman–Crippen MR) is 89.2 cm³/mol. The number of aliphatic hydroxyl groups is 1. The Morgan fingerprint density at radius 2 is 1.64 bits per heavy atom. The standard InChI is InChI=1S/C18H18F2N2O3/c19-15-3-1-4-16(20)14(15)11-17(24)22-13-7-5-12(6-8-13)18(25)21-9-2-10-23/h1,3-8,23H,2,9-11H2,(H,21,25)(H,22,24). The van der Waals surface area contributed by atoms with Gasteiger partial charge in [-0.1, -0.05) is 6.07 Å². The van der Waals surface area contributed by atoms with Crippen molar-refractivity contribution >= 4 is 17.5 Å². The molecular formula is C18H18F2N2O3. The molecule has 2 aromatic carbocycles. The van der Waals surface area contributed by atoms with Crippen LogP contribution in [-0.2, 0) is 11.2 Å². The second kappa shape index (κ2) is 8.89. The van der Waals surface area contributed by atoms with Gasteiger partial charge in [-0.15, -0.1) is 0 Å². The highest BCUT2D eigenvalue weighted by molar-refractivity contribution is 5.96. The lowest BCUT2D eigenvalue weighted by atomic mass is 10.1. The highest BCUT2D eigenvalue weighted by atomic mass is 19.1. The first-order valence-corrected chi connectivity index (χ1v) is 7.73. The molecule has 0 bridgehead atoms. The van der Waals surface area contributed by atoms with Gasteiger partial charge in [-0.05, 0) is 42.8 Å². The first-order chi connectivity index (χ1) is 12.0. The molecule has 5 nitrogen and oxygen atoms in total. The van der Waals surface area contributed by atoms with Crippen LogP contribution < -0.4 is 10.6 Å². The van der Waals surface area contributed by atoms with Gasteiger partial charge in [0.1, 0.15) is 11.6 Å². The predicted octanol–water partition coefficient (Wildman–Crippen LogP) is 2.26. The Balaban J connectivity index is 1.94. The van der Waals surface area contributed by atoms with Crippen LogP contribution in [-0.4, -0.2) is 30.1 Å². The van der Waals surface area contributed by atoms with Gasteiger partial charge in [0.25, 0.3) is 5.91 Å². The number of anilines is 1. The van der Waals surface area contributed by atoms with Crippen LogP contribution in [0.25, 0.3) is 0 Å². The van der Waals surface area contributed by atoms with Crippen molar-refractivity contribution in [2.75, 3.05) is 18.5 Å². The molecule has 25 heavy (non-hydrogen) atoms. The maximum Gasteiger partial charge on any atom is 0.251 e. The number of aliphatic hydroxyl groups excluding tert-OH is 1. The zero-order valence-corrected chi connectivity index (χ0v) is 13.4. The highest BCUT2D eigenvalue weighted by Gasteiger charge is 2.13. The smallest absolute Gasteiger partial charge is 0.251 e. The lowest BCUT2D eigenvalue weighted by molar-refractivity contribution is -0.115. The third kappa shape index (κ3) is 5.36. The van der Waals surface area contributed by atoms with Crippen LogP contribution in [0.5, 0.6) is 0 Å². The van der Waals surface area contributed by atoms with Crippen molar-refractivity contribution in [3.63, 3.8) is 0 Å². The van der Waals surface area contributed by atoms with E-state index in [1.165, 1.54) is 30.3 Å². The van der Waals surface area contributed by atoms with Crippen LogP contribution in [0.3, 0.4) is 0 Å². The van der Waals surface area contributed by atoms with E-state index in [2.05, 4.69) is 10.6 Å². The molecule has 0 saturated heterocycles. The average Bonchev–Trinajstić information content (AvgIpc) is 2.59. The van der Waals surface area contributed by atoms with Gasteiger partial charge in [0, 0.05) is 30.0 Å². The van der Waals surface area contributed by atoms with Crippen molar-refractivity contribution in [1.29, 1.82) is 0 Å². The summed E-state index contributed by atoms with van der Waals surface area (Å²) in [4.78, 5) is 23.7. The number of rotatable bonds is 7. The molecule has 2 rings (SSSR count). The van der Waals surface area contributed by atoms with Crippen molar-refractivity contribution in [2.24, 2.45) is 0 Å². The third-order valence-corrected chi connectivity index (χ3v) is 3.45. The summed E-state index contributed by atoms with van der Waals surface area (Å²) < 4.78 is 27.1. The minimum atomic E-state index is -0.773. The van der Waals surface area contributed by atoms with E-state index in [0.29, 0.717) is 24.2 Å². The highest BCUT2D eigenvalue weighted by Crippen LogP contribution is 2.15. The number of nitrogens with one attached hydrogen (secondary N) is 2. The number of benzene rings is 2. The Hall–Kier alpha value is -2.80. The van der Waals surface area contributed by atoms with Crippen molar-refractivity contribution in [1.82, 2.24) is 5.32 Å². The van der Waals surface area contributed by atoms with Crippen molar-refractivity contribution in [3.05, 3.63) is 65.2 Å². The minimum absolute atomic E-state index is 0.00610. The van der Waals surface area contributed by atoms with E-state index in [9.17, 15) is 18.4 Å². The summed E-state index contributed by atoms with van der Waals surface area (Å²) in [5, 5.41) is 13.8. The fourth-order valence-corrected chi connectivity index (χ4v) is 2.15. The van der Waals surface area contributed by atoms with Gasteiger partial charge in [0.05, 0.1) is 6.42 Å². The third-order valence-electron chi connectivity index (χ3n) is 3.45. The summed E-state index contributed by atoms with van der Waals surface area (Å²) in [6.45, 7) is 0.357. The number of hydrogen-bond donors (Lipinski definition) is 3. The molecule has 3 N–H and O–H groups in total. The van der Waals surface area contributed by atoms with Crippen molar-refractivity contribution in [3.8, 4) is 0 Å². The number of carbonyl (C=O) groups is 2. The number of carbonyl (C=O) groups excluding carboxylic acids is 2. The molecule has 0 atom stereocenters. The van der Waals surface area contributed by atoms with E-state index in [1.54, 1.807) is 0 Å². The molecular weight excluding hydrogens is 330 g/mol. The van der Waals surface area contributed by atoms with Crippen LogP contribution in [0.1, 0.15) is 22.3 Å². The van der Waals surface area contributed by atoms with E-state index in [4.69, 9.17) is 5.11 Å². The zero-order valence-electron chi connectivity index (χ0n) is 13.4. The minimum Gasteiger partial charge on any atom is -0.396 e. The molecule has 0 saturated carbocycles. The van der Waals surface area contributed by atoms with E-state index in [-0.39, 0.29) is 18.1 Å². The fraction of sp³-hybridized carbons (Fsp3) is 0.222. The monoisotopic (exact) mass is 348 g/mol. The maximum atomic E-state index is 13.5. The summed E-state index contributed by atoms with van der Waals surface area (Å²) in [5.74, 6) is -2.40. The van der Waals surface area contributed by atoms with Crippen molar-refractivity contribution < 1.29 is 23.5 Å². The Morgan fingerprint density at radius 3 is 2.24 bits per heavy atom. The molecule has 0 aliphatic rings. The molecule has 132 valence electrons. The molecule has 0 fully saturated rings. The number of halogens is 2. The van der Waals surface area contributed by atoms with E-state index in [1.807, 2.05) is 0 Å². The lowest BCUT2D eigenvalue weighted by Gasteiger charge is -2.08. The van der Waals surface area contributed by atoms with Gasteiger partial charge >= 0.3 is 0 Å². The Kier molecular flexibility index (Phi) is 6.59. The topological polar surface area (TPSA) is 78.4 Å². The first-order valence-electron chi connectivity index (χ1n) is 7.73. The van der Waals surface area contributed by atoms with Gasteiger partial charge in [-0.25, -0.2) is 8.78 Å². The summed E-state index contributed by atoms with van der Waals surface area (Å²) in [6.07, 6.45) is 0.0361. The van der Waals surface area contributed by atoms with Gasteiger partial charge in [0.15, 0.2) is 0 Å². The summed E-state index contributed by atoms with van der Waals surface area (Å²) in [5.41, 5.74) is 0.518. The van der Waals surface area contributed by atoms with Gasteiger partial charge in [0.2, 0.25) is 5.91 Å². The second-order valence-electron chi connectivity index (χ2n) is 5.34. The Labute approximate surface area is 143 Å². The van der Waals surface area contributed by atoms with Crippen LogP contribution in [0.2, 0.25) is 0 Å². The number of amides is 2.